The lowest BCUT2D eigenvalue weighted by molar-refractivity contribution is -0.0327. The summed E-state index contributed by atoms with van der Waals surface area (Å²) in [6, 6.07) is 9.48. The van der Waals surface area contributed by atoms with Gasteiger partial charge in [0.2, 0.25) is 0 Å². The molecule has 6 heteroatoms. The van der Waals surface area contributed by atoms with Gasteiger partial charge in [-0.3, -0.25) is 0 Å². The van der Waals surface area contributed by atoms with E-state index in [0.717, 1.165) is 10.8 Å². The van der Waals surface area contributed by atoms with Crippen LogP contribution in [0.15, 0.2) is 36.5 Å². The van der Waals surface area contributed by atoms with Crippen LogP contribution in [0.25, 0.3) is 10.8 Å². The molecule has 0 aliphatic heterocycles. The topological polar surface area (TPSA) is 24.9 Å². The van der Waals surface area contributed by atoms with E-state index in [0.29, 0.717) is 5.82 Å². The fourth-order valence-corrected chi connectivity index (χ4v) is 2.03. The molecule has 1 aromatic carbocycles. The highest BCUT2D eigenvalue weighted by Gasteiger charge is 2.27. The van der Waals surface area contributed by atoms with Crippen molar-refractivity contribution < 1.29 is 13.2 Å². The summed E-state index contributed by atoms with van der Waals surface area (Å²) >= 11 is -0.0321. The van der Waals surface area contributed by atoms with Crippen LogP contribution in [-0.2, 0) is 0 Å². The molecule has 0 fully saturated rings. The number of aromatic nitrogens is 1. The maximum Gasteiger partial charge on any atom is 0.441 e. The van der Waals surface area contributed by atoms with Crippen molar-refractivity contribution >= 4 is 28.4 Å². The second kappa shape index (κ2) is 5.48. The molecule has 96 valence electrons. The van der Waals surface area contributed by atoms with Gasteiger partial charge < -0.3 is 5.32 Å². The van der Waals surface area contributed by atoms with Crippen molar-refractivity contribution in [2.45, 2.75) is 5.51 Å². The molecule has 2 nitrogen and oxygen atoms in total. The maximum absolute atomic E-state index is 12.0. The van der Waals surface area contributed by atoms with Crippen LogP contribution in [0.4, 0.5) is 19.0 Å². The summed E-state index contributed by atoms with van der Waals surface area (Å²) in [5.41, 5.74) is -4.17. The van der Waals surface area contributed by atoms with Gasteiger partial charge in [-0.1, -0.05) is 24.3 Å². The van der Waals surface area contributed by atoms with Crippen molar-refractivity contribution in [2.75, 3.05) is 17.6 Å². The summed E-state index contributed by atoms with van der Waals surface area (Å²) in [6.07, 6.45) is 1.64. The lowest BCUT2D eigenvalue weighted by Gasteiger charge is -2.09. The predicted octanol–water partition coefficient (Wildman–Crippen LogP) is 3.90. The van der Waals surface area contributed by atoms with Gasteiger partial charge in [0.05, 0.1) is 0 Å². The fraction of sp³-hybridized carbons (Fsp3) is 0.250. The van der Waals surface area contributed by atoms with Crippen molar-refractivity contribution in [1.29, 1.82) is 0 Å². The van der Waals surface area contributed by atoms with E-state index in [1.807, 2.05) is 30.3 Å². The molecule has 0 aliphatic rings. The molecule has 0 atom stereocenters. The summed E-state index contributed by atoms with van der Waals surface area (Å²) in [5.74, 6) is 0.588. The third-order valence-electron chi connectivity index (χ3n) is 2.33. The maximum atomic E-state index is 12.0. The summed E-state index contributed by atoms with van der Waals surface area (Å²) < 4.78 is 35.9. The lowest BCUT2D eigenvalue weighted by atomic mass is 10.1. The number of anilines is 1. The largest absolute Gasteiger partial charge is 0.441 e. The van der Waals surface area contributed by atoms with Crippen molar-refractivity contribution in [1.82, 2.24) is 4.98 Å². The zero-order chi connectivity index (χ0) is 13.0. The van der Waals surface area contributed by atoms with E-state index in [1.165, 1.54) is 0 Å². The Morgan fingerprint density at radius 2 is 1.94 bits per heavy atom. The number of thioether (sulfide) groups is 1. The average Bonchev–Trinajstić information content (AvgIpc) is 2.33. The molecule has 1 aromatic heterocycles. The number of nitrogens with one attached hydrogen (secondary N) is 1. The summed E-state index contributed by atoms with van der Waals surface area (Å²) in [4.78, 5) is 4.14. The summed E-state index contributed by atoms with van der Waals surface area (Å²) in [7, 11) is 0. The third kappa shape index (κ3) is 3.53. The molecule has 18 heavy (non-hydrogen) atoms. The first-order chi connectivity index (χ1) is 8.56. The van der Waals surface area contributed by atoms with Gasteiger partial charge in [-0.25, -0.2) is 4.98 Å². The van der Waals surface area contributed by atoms with E-state index in [9.17, 15) is 13.2 Å². The quantitative estimate of drug-likeness (QED) is 0.854. The average molecular weight is 272 g/mol. The van der Waals surface area contributed by atoms with Crippen molar-refractivity contribution in [3.05, 3.63) is 36.5 Å². The smallest absolute Gasteiger partial charge is 0.369 e. The molecule has 0 aliphatic carbocycles. The van der Waals surface area contributed by atoms with Crippen LogP contribution in [0.3, 0.4) is 0 Å². The molecular formula is C12H11F3N2S. The predicted molar refractivity (Wildman–Crippen MR) is 68.7 cm³/mol. The summed E-state index contributed by atoms with van der Waals surface area (Å²) in [5, 5.41) is 4.85. The Bertz CT molecular complexity index is 523. The Balaban J connectivity index is 2.00. The number of nitrogens with zero attached hydrogens (tertiary/aromatic N) is 1. The Kier molecular flexibility index (Phi) is 3.96. The van der Waals surface area contributed by atoms with Crippen LogP contribution >= 0.6 is 11.8 Å². The van der Waals surface area contributed by atoms with Gasteiger partial charge in [-0.05, 0) is 23.2 Å². The van der Waals surface area contributed by atoms with Crippen LogP contribution < -0.4 is 5.32 Å². The number of hydrogen-bond donors (Lipinski definition) is 1. The molecule has 0 unspecified atom stereocenters. The van der Waals surface area contributed by atoms with Gasteiger partial charge in [0.25, 0.3) is 0 Å². The molecule has 0 saturated heterocycles. The molecule has 0 spiro atoms. The number of benzene rings is 1. The van der Waals surface area contributed by atoms with Gasteiger partial charge in [-0.2, -0.15) is 13.2 Å². The minimum atomic E-state index is -4.17. The number of alkyl halides is 3. The molecule has 0 bridgehead atoms. The second-order valence-corrected chi connectivity index (χ2v) is 4.76. The number of hydrogen-bond acceptors (Lipinski definition) is 3. The normalized spacial score (nSPS) is 11.7. The van der Waals surface area contributed by atoms with E-state index < -0.39 is 5.51 Å². The zero-order valence-electron chi connectivity index (χ0n) is 9.37. The highest BCUT2D eigenvalue weighted by atomic mass is 32.2. The van der Waals surface area contributed by atoms with Gasteiger partial charge >= 0.3 is 5.51 Å². The second-order valence-electron chi connectivity index (χ2n) is 3.60. The standard InChI is InChI=1S/C12H11F3N2S/c13-12(14,15)18-8-7-17-11-10-4-2-1-3-9(10)5-6-16-11/h1-6H,7-8H2,(H,16,17). The Labute approximate surface area is 107 Å². The lowest BCUT2D eigenvalue weighted by Crippen LogP contribution is -2.10. The van der Waals surface area contributed by atoms with E-state index in [-0.39, 0.29) is 24.1 Å². The fourth-order valence-electron chi connectivity index (χ4n) is 1.60. The monoisotopic (exact) mass is 272 g/mol. The van der Waals surface area contributed by atoms with Gasteiger partial charge in [0.15, 0.2) is 0 Å². The molecule has 1 N–H and O–H groups in total. The van der Waals surface area contributed by atoms with Gasteiger partial charge in [-0.15, -0.1) is 0 Å². The van der Waals surface area contributed by atoms with E-state index in [1.54, 1.807) is 6.20 Å². The first-order valence-corrected chi connectivity index (χ1v) is 6.33. The molecule has 2 rings (SSSR count). The van der Waals surface area contributed by atoms with E-state index in [2.05, 4.69) is 10.3 Å². The molecule has 2 aromatic rings. The minimum absolute atomic E-state index is 0.0321. The first kappa shape index (κ1) is 13.0. The van der Waals surface area contributed by atoms with Crippen molar-refractivity contribution in [3.8, 4) is 0 Å². The van der Waals surface area contributed by atoms with E-state index in [4.69, 9.17) is 0 Å². The number of pyridine rings is 1. The SMILES string of the molecule is FC(F)(F)SCCNc1nccc2ccccc12. The Morgan fingerprint density at radius 3 is 2.72 bits per heavy atom. The van der Waals surface area contributed by atoms with E-state index >= 15 is 0 Å². The Hall–Kier alpha value is -1.43. The van der Waals surface area contributed by atoms with Crippen LogP contribution in [0.5, 0.6) is 0 Å². The molecular weight excluding hydrogens is 261 g/mol. The van der Waals surface area contributed by atoms with Gasteiger partial charge in [0, 0.05) is 23.9 Å². The van der Waals surface area contributed by atoms with Crippen LogP contribution in [0.1, 0.15) is 0 Å². The van der Waals surface area contributed by atoms with Crippen molar-refractivity contribution in [2.24, 2.45) is 0 Å². The zero-order valence-corrected chi connectivity index (χ0v) is 10.2. The van der Waals surface area contributed by atoms with Crippen LogP contribution in [0.2, 0.25) is 0 Å². The first-order valence-electron chi connectivity index (χ1n) is 5.34. The Morgan fingerprint density at radius 1 is 1.17 bits per heavy atom. The third-order valence-corrected chi connectivity index (χ3v) is 3.07. The molecule has 0 radical (unpaired) electrons. The number of fused-ring (bicyclic) bond motifs is 1. The van der Waals surface area contributed by atoms with Crippen molar-refractivity contribution in [3.63, 3.8) is 0 Å². The molecule has 0 amide bonds. The summed E-state index contributed by atoms with van der Waals surface area (Å²) in [6.45, 7) is 0.227. The van der Waals surface area contributed by atoms with Crippen LogP contribution in [0, 0.1) is 0 Å². The van der Waals surface area contributed by atoms with Crippen LogP contribution in [-0.4, -0.2) is 22.8 Å². The number of halogens is 3. The number of rotatable bonds is 4. The highest BCUT2D eigenvalue weighted by Crippen LogP contribution is 2.29. The minimum Gasteiger partial charge on any atom is -0.369 e. The van der Waals surface area contributed by atoms with Gasteiger partial charge in [0.1, 0.15) is 5.82 Å². The molecule has 0 saturated carbocycles. The molecule has 1 heterocycles. The highest BCUT2D eigenvalue weighted by molar-refractivity contribution is 8.00.